The molecule has 5 aromatic rings. The summed E-state index contributed by atoms with van der Waals surface area (Å²) in [6.07, 6.45) is 3.41. The van der Waals surface area contributed by atoms with Gasteiger partial charge in [-0.15, -0.1) is 0 Å². The lowest BCUT2D eigenvalue weighted by molar-refractivity contribution is -0.200. The number of pyridine rings is 1. The molecule has 258 valence electrons. The zero-order chi connectivity index (χ0) is 35.0. The van der Waals surface area contributed by atoms with E-state index in [2.05, 4.69) is 35.3 Å². The highest BCUT2D eigenvalue weighted by Crippen LogP contribution is 2.26. The lowest BCUT2D eigenvalue weighted by Gasteiger charge is -2.22. The van der Waals surface area contributed by atoms with Crippen LogP contribution >= 0.6 is 0 Å². The molecule has 0 saturated heterocycles. The van der Waals surface area contributed by atoms with Gasteiger partial charge in [-0.05, 0) is 54.7 Å². The van der Waals surface area contributed by atoms with Crippen molar-refractivity contribution in [1.29, 1.82) is 0 Å². The first-order chi connectivity index (χ1) is 23.5. The van der Waals surface area contributed by atoms with Crippen LogP contribution in [-0.4, -0.2) is 59.4 Å². The lowest BCUT2D eigenvalue weighted by Crippen LogP contribution is -2.39. The van der Waals surface area contributed by atoms with Crippen LogP contribution in [0, 0.1) is 13.8 Å². The van der Waals surface area contributed by atoms with E-state index in [9.17, 15) is 22.8 Å². The predicted octanol–water partition coefficient (Wildman–Crippen LogP) is 6.29. The third kappa shape index (κ3) is 9.09. The maximum absolute atomic E-state index is 13.1. The van der Waals surface area contributed by atoms with Crippen LogP contribution in [0.1, 0.15) is 60.6 Å². The number of carbonyl (C=O) groups is 2. The molecule has 0 radical (unpaired) electrons. The number of amides is 1. The molecule has 0 atom stereocenters. The fourth-order valence-electron chi connectivity index (χ4n) is 5.06. The van der Waals surface area contributed by atoms with Crippen LogP contribution in [0.2, 0.25) is 0 Å². The van der Waals surface area contributed by atoms with E-state index >= 15 is 0 Å². The zero-order valence-corrected chi connectivity index (χ0v) is 27.3. The number of aromatic nitrogens is 7. The fourth-order valence-corrected chi connectivity index (χ4v) is 5.06. The summed E-state index contributed by atoms with van der Waals surface area (Å²) >= 11 is 0. The maximum atomic E-state index is 13.1. The summed E-state index contributed by atoms with van der Waals surface area (Å²) in [5.74, 6) is -2.38. The summed E-state index contributed by atoms with van der Waals surface area (Å²) in [5, 5.41) is 12.9. The van der Waals surface area contributed by atoms with Gasteiger partial charge in [-0.25, -0.2) is 24.5 Å². The van der Waals surface area contributed by atoms with Crippen LogP contribution in [0.15, 0.2) is 61.3 Å². The molecule has 0 bridgehead atoms. The Hall–Kier alpha value is -5.54. The minimum atomic E-state index is -5.34. The molecule has 0 aliphatic heterocycles. The molecule has 0 fully saturated rings. The number of nitrogens with zero attached hydrogens (tertiary/aromatic N) is 8. The van der Waals surface area contributed by atoms with Gasteiger partial charge >= 0.3 is 18.2 Å². The number of nitrogens with one attached hydrogen (secondary N) is 1. The van der Waals surface area contributed by atoms with Crippen LogP contribution in [0.5, 0.6) is 0 Å². The zero-order valence-electron chi connectivity index (χ0n) is 27.3. The molecule has 1 N–H and O–H groups in total. The molecule has 1 amide bonds. The van der Waals surface area contributed by atoms with Gasteiger partial charge in [-0.1, -0.05) is 55.5 Å². The standard InChI is InChI=1S/C33H36F3N9O4/c1-4-5-6-7-15-48-32(47)45(49-31(46)33(34,35)36)28-16-22(2)26(23(3)41-28)17-37-29-27-20-44(42-30(27)39-21-38-29)19-25-11-9-24(10-12-25)18-43-14-8-13-40-43/h8-14,16,20-21H,4-7,15,17-19H2,1-3H3,(H,37,38,39,42). The minimum Gasteiger partial charge on any atom is -0.447 e. The highest BCUT2D eigenvalue weighted by molar-refractivity contribution is 5.88. The Kier molecular flexibility index (Phi) is 11.1. The molecule has 0 aliphatic rings. The van der Waals surface area contributed by atoms with Crippen molar-refractivity contribution in [3.05, 3.63) is 89.3 Å². The number of aryl methyl sites for hydroxylation is 2. The van der Waals surface area contributed by atoms with Gasteiger partial charge in [-0.2, -0.15) is 23.4 Å². The van der Waals surface area contributed by atoms with Crippen LogP contribution in [0.3, 0.4) is 0 Å². The summed E-state index contributed by atoms with van der Waals surface area (Å²) in [6, 6.07) is 11.4. The first-order valence-electron chi connectivity index (χ1n) is 15.7. The molecule has 4 heterocycles. The molecule has 1 aromatic carbocycles. The average Bonchev–Trinajstić information content (AvgIpc) is 3.73. The topological polar surface area (TPSA) is 142 Å². The van der Waals surface area contributed by atoms with Gasteiger partial charge in [-0.3, -0.25) is 9.36 Å². The number of anilines is 2. The van der Waals surface area contributed by atoms with Crippen LogP contribution in [0.4, 0.5) is 29.6 Å². The molecule has 0 unspecified atom stereocenters. The second kappa shape index (κ2) is 15.6. The number of rotatable bonds is 13. The van der Waals surface area contributed by atoms with E-state index < -0.39 is 18.2 Å². The van der Waals surface area contributed by atoms with Gasteiger partial charge < -0.3 is 14.9 Å². The number of hydroxylamine groups is 1. The predicted molar refractivity (Wildman–Crippen MR) is 173 cm³/mol. The minimum absolute atomic E-state index is 0.0536. The van der Waals surface area contributed by atoms with E-state index in [1.807, 2.05) is 54.3 Å². The van der Waals surface area contributed by atoms with Crippen LogP contribution in [0.25, 0.3) is 11.0 Å². The summed E-state index contributed by atoms with van der Waals surface area (Å²) in [6.45, 7) is 6.69. The van der Waals surface area contributed by atoms with Crippen molar-refractivity contribution in [2.24, 2.45) is 0 Å². The molecule has 5 rings (SSSR count). The fraction of sp³-hybridized carbons (Fsp3) is 0.364. The lowest BCUT2D eigenvalue weighted by atomic mass is 10.1. The number of fused-ring (bicyclic) bond motifs is 1. The van der Waals surface area contributed by atoms with Crippen LogP contribution < -0.4 is 10.4 Å². The summed E-state index contributed by atoms with van der Waals surface area (Å²) in [7, 11) is 0. The van der Waals surface area contributed by atoms with Crippen LogP contribution in [-0.2, 0) is 34.0 Å². The van der Waals surface area contributed by atoms with Crippen molar-refractivity contribution in [2.45, 2.75) is 72.3 Å². The molecule has 49 heavy (non-hydrogen) atoms. The van der Waals surface area contributed by atoms with Gasteiger partial charge in [0, 0.05) is 30.8 Å². The number of halogens is 3. The number of hydrogen-bond acceptors (Lipinski definition) is 10. The quantitative estimate of drug-likeness (QED) is 0.112. The number of unbranched alkanes of at least 4 members (excludes halogenated alkanes) is 3. The first kappa shape index (κ1) is 34.8. The molecule has 0 saturated carbocycles. The SMILES string of the molecule is CCCCCCOC(=O)N(OC(=O)C(F)(F)F)c1cc(C)c(CNc2ncnc3nn(Cc4ccc(Cn5cccn5)cc4)cc23)c(C)n1. The number of hydrogen-bond donors (Lipinski definition) is 1. The summed E-state index contributed by atoms with van der Waals surface area (Å²) in [4.78, 5) is 41.8. The van der Waals surface area contributed by atoms with Crippen molar-refractivity contribution >= 4 is 34.7 Å². The van der Waals surface area contributed by atoms with Gasteiger partial charge in [0.25, 0.3) is 0 Å². The Morgan fingerprint density at radius 3 is 2.39 bits per heavy atom. The smallest absolute Gasteiger partial charge is 0.447 e. The van der Waals surface area contributed by atoms with Crippen molar-refractivity contribution in [2.75, 3.05) is 17.0 Å². The van der Waals surface area contributed by atoms with Gasteiger partial charge in [0.1, 0.15) is 12.1 Å². The number of ether oxygens (including phenoxy) is 1. The van der Waals surface area contributed by atoms with Crippen molar-refractivity contribution in [1.82, 2.24) is 34.5 Å². The normalized spacial score (nSPS) is 11.5. The number of alkyl halides is 3. The average molecular weight is 680 g/mol. The largest absolute Gasteiger partial charge is 0.493 e. The molecule has 16 heteroatoms. The van der Waals surface area contributed by atoms with Crippen molar-refractivity contribution in [3.8, 4) is 0 Å². The number of carbonyl (C=O) groups excluding carboxylic acids is 2. The third-order valence-corrected chi connectivity index (χ3v) is 7.61. The molecule has 4 aromatic heterocycles. The molecule has 0 spiro atoms. The summed E-state index contributed by atoms with van der Waals surface area (Å²) < 4.78 is 47.9. The molecule has 13 nitrogen and oxygen atoms in total. The van der Waals surface area contributed by atoms with E-state index in [0.29, 0.717) is 53.2 Å². The van der Waals surface area contributed by atoms with Gasteiger partial charge in [0.05, 0.1) is 25.1 Å². The highest BCUT2D eigenvalue weighted by Gasteiger charge is 2.44. The van der Waals surface area contributed by atoms with E-state index in [1.54, 1.807) is 24.7 Å². The Morgan fingerprint density at radius 1 is 1.00 bits per heavy atom. The van der Waals surface area contributed by atoms with E-state index in [4.69, 9.17) is 4.74 Å². The Morgan fingerprint density at radius 2 is 1.73 bits per heavy atom. The van der Waals surface area contributed by atoms with Gasteiger partial charge in [0.15, 0.2) is 11.5 Å². The number of benzene rings is 1. The molecule has 0 aliphatic carbocycles. The first-order valence-corrected chi connectivity index (χ1v) is 15.7. The monoisotopic (exact) mass is 679 g/mol. The molecular weight excluding hydrogens is 643 g/mol. The van der Waals surface area contributed by atoms with Gasteiger partial charge in [0.2, 0.25) is 0 Å². The van der Waals surface area contributed by atoms with Crippen molar-refractivity contribution in [3.63, 3.8) is 0 Å². The highest BCUT2D eigenvalue weighted by atomic mass is 19.4. The van der Waals surface area contributed by atoms with Crippen molar-refractivity contribution < 1.29 is 32.3 Å². The Labute approximate surface area is 280 Å². The Bertz CT molecular complexity index is 1850. The second-order valence-electron chi connectivity index (χ2n) is 11.4. The summed E-state index contributed by atoms with van der Waals surface area (Å²) in [5.41, 5.74) is 4.29. The maximum Gasteiger partial charge on any atom is 0.493 e. The van der Waals surface area contributed by atoms with E-state index in [-0.39, 0.29) is 24.0 Å². The Balaban J connectivity index is 1.28. The van der Waals surface area contributed by atoms with E-state index in [0.717, 1.165) is 30.4 Å². The van der Waals surface area contributed by atoms with E-state index in [1.165, 1.54) is 12.4 Å². The second-order valence-corrected chi connectivity index (χ2v) is 11.4. The third-order valence-electron chi connectivity index (χ3n) is 7.61. The molecular formula is C33H36F3N9O4.